The van der Waals surface area contributed by atoms with Crippen LogP contribution in [0.4, 0.5) is 4.39 Å². The fourth-order valence-electron chi connectivity index (χ4n) is 4.71. The van der Waals surface area contributed by atoms with Crippen LogP contribution in [0.5, 0.6) is 0 Å². The highest BCUT2D eigenvalue weighted by atomic mass is 32.2. The molecule has 0 radical (unpaired) electrons. The van der Waals surface area contributed by atoms with Crippen LogP contribution < -0.4 is 0 Å². The van der Waals surface area contributed by atoms with E-state index in [1.807, 2.05) is 19.2 Å². The first kappa shape index (κ1) is 27.4. The van der Waals surface area contributed by atoms with E-state index in [4.69, 9.17) is 14.2 Å². The Kier molecular flexibility index (Phi) is 8.72. The predicted molar refractivity (Wildman–Crippen MR) is 145 cm³/mol. The number of carbonyl (C=O) groups is 2. The number of thiophene rings is 1. The molecular weight excluding hydrogens is 511 g/mol. The Morgan fingerprint density at radius 2 is 1.68 bits per heavy atom. The number of carbonyl (C=O) groups excluding carboxylic acids is 2. The molecule has 3 aromatic rings. The molecular formula is C29H31FO5S2. The molecule has 0 amide bonds. The molecule has 0 aliphatic carbocycles. The summed E-state index contributed by atoms with van der Waals surface area (Å²) in [6.07, 6.45) is 0.976. The Morgan fingerprint density at radius 3 is 2.32 bits per heavy atom. The van der Waals surface area contributed by atoms with Crippen LogP contribution in [0.15, 0.2) is 54.6 Å². The van der Waals surface area contributed by atoms with Crippen molar-refractivity contribution in [2.24, 2.45) is 5.92 Å². The summed E-state index contributed by atoms with van der Waals surface area (Å²) >= 11 is 3.12. The maximum absolute atomic E-state index is 13.3. The Hall–Kier alpha value is -2.68. The highest BCUT2D eigenvalue weighted by Gasteiger charge is 2.48. The lowest BCUT2D eigenvalue weighted by molar-refractivity contribution is -0.208. The molecule has 37 heavy (non-hydrogen) atoms. The molecule has 1 aliphatic rings. The van der Waals surface area contributed by atoms with Crippen LogP contribution in [-0.4, -0.2) is 35.8 Å². The largest absolute Gasteiger partial charge is 0.458 e. The smallest absolute Gasteiger partial charge is 0.303 e. The Bertz CT molecular complexity index is 1260. The molecule has 1 saturated heterocycles. The summed E-state index contributed by atoms with van der Waals surface area (Å²) in [6.45, 7) is 6.75. The van der Waals surface area contributed by atoms with Gasteiger partial charge in [0.05, 0.1) is 6.10 Å². The minimum Gasteiger partial charge on any atom is -0.458 e. The van der Waals surface area contributed by atoms with Gasteiger partial charge in [-0.2, -0.15) is 0 Å². The van der Waals surface area contributed by atoms with Crippen molar-refractivity contribution in [2.75, 3.05) is 6.26 Å². The molecule has 0 saturated carbocycles. The van der Waals surface area contributed by atoms with E-state index in [1.165, 1.54) is 53.7 Å². The van der Waals surface area contributed by atoms with Gasteiger partial charge in [-0.15, -0.1) is 23.1 Å². The lowest BCUT2D eigenvalue weighted by Gasteiger charge is -2.44. The predicted octanol–water partition coefficient (Wildman–Crippen LogP) is 6.71. The van der Waals surface area contributed by atoms with Gasteiger partial charge in [0.1, 0.15) is 17.4 Å². The molecule has 196 valence electrons. The molecule has 5 atom stereocenters. The number of hydrogen-bond donors (Lipinski definition) is 0. The van der Waals surface area contributed by atoms with Crippen molar-refractivity contribution in [2.45, 2.75) is 57.9 Å². The van der Waals surface area contributed by atoms with Crippen LogP contribution in [0, 0.1) is 18.7 Å². The van der Waals surface area contributed by atoms with Crippen LogP contribution >= 0.6 is 23.1 Å². The van der Waals surface area contributed by atoms with Gasteiger partial charge in [0.15, 0.2) is 6.10 Å². The Labute approximate surface area is 225 Å². The van der Waals surface area contributed by atoms with E-state index in [0.29, 0.717) is 0 Å². The Balaban J connectivity index is 1.60. The molecule has 2 aromatic carbocycles. The van der Waals surface area contributed by atoms with Gasteiger partial charge < -0.3 is 14.2 Å². The highest BCUT2D eigenvalue weighted by molar-refractivity contribution is 7.99. The molecule has 0 spiro atoms. The first-order valence-electron chi connectivity index (χ1n) is 12.1. The van der Waals surface area contributed by atoms with Gasteiger partial charge >= 0.3 is 11.9 Å². The maximum atomic E-state index is 13.3. The summed E-state index contributed by atoms with van der Waals surface area (Å²) in [5.41, 5.74) is 3.84. The second-order valence-corrected chi connectivity index (χ2v) is 11.4. The quantitative estimate of drug-likeness (QED) is 0.309. The maximum Gasteiger partial charge on any atom is 0.303 e. The first-order chi connectivity index (χ1) is 17.7. The van der Waals surface area contributed by atoms with Crippen molar-refractivity contribution in [1.29, 1.82) is 0 Å². The van der Waals surface area contributed by atoms with Crippen LogP contribution in [0.2, 0.25) is 0 Å². The molecule has 8 heteroatoms. The van der Waals surface area contributed by atoms with E-state index in [9.17, 15) is 14.0 Å². The summed E-state index contributed by atoms with van der Waals surface area (Å²) in [6, 6.07) is 17.0. The summed E-state index contributed by atoms with van der Waals surface area (Å²) in [5.74, 6) is -1.34. The van der Waals surface area contributed by atoms with Crippen LogP contribution in [0.1, 0.15) is 48.4 Å². The van der Waals surface area contributed by atoms with Crippen molar-refractivity contribution in [3.8, 4) is 10.4 Å². The average molecular weight is 543 g/mol. The Morgan fingerprint density at radius 1 is 1.00 bits per heavy atom. The monoisotopic (exact) mass is 542 g/mol. The zero-order chi connectivity index (χ0) is 26.7. The number of benzene rings is 2. The lowest BCUT2D eigenvalue weighted by Crippen LogP contribution is -2.52. The van der Waals surface area contributed by atoms with Crippen molar-refractivity contribution in [1.82, 2.24) is 0 Å². The van der Waals surface area contributed by atoms with Gasteiger partial charge in [-0.3, -0.25) is 9.59 Å². The minimum atomic E-state index is -0.691. The summed E-state index contributed by atoms with van der Waals surface area (Å²) in [4.78, 5) is 26.0. The summed E-state index contributed by atoms with van der Waals surface area (Å²) < 4.78 is 31.0. The molecule has 1 unspecified atom stereocenters. The van der Waals surface area contributed by atoms with Crippen molar-refractivity contribution in [3.63, 3.8) is 0 Å². The topological polar surface area (TPSA) is 61.8 Å². The fraction of sp³-hybridized carbons (Fsp3) is 0.379. The van der Waals surface area contributed by atoms with Gasteiger partial charge in [0.2, 0.25) is 0 Å². The van der Waals surface area contributed by atoms with Gasteiger partial charge in [-0.05, 0) is 59.7 Å². The number of hydrogen-bond acceptors (Lipinski definition) is 7. The minimum absolute atomic E-state index is 0.237. The molecule has 0 bridgehead atoms. The molecule has 1 aromatic heterocycles. The van der Waals surface area contributed by atoms with Crippen molar-refractivity contribution >= 4 is 35.0 Å². The van der Waals surface area contributed by atoms with Crippen LogP contribution in [0.3, 0.4) is 0 Å². The number of halogens is 1. The number of esters is 2. The van der Waals surface area contributed by atoms with E-state index in [0.717, 1.165) is 22.4 Å². The van der Waals surface area contributed by atoms with E-state index >= 15 is 0 Å². The fourth-order valence-corrected chi connectivity index (χ4v) is 6.46. The van der Waals surface area contributed by atoms with Crippen LogP contribution in [-0.2, 0) is 30.2 Å². The standard InChI is InChI=1S/C29H31FO5S2/c1-16-6-7-21(14-22(16)15-24-12-13-25(37-24)20-8-10-23(30)11-9-20)26-17(2)27(33-18(3)31)28(34-19(4)32)29(35-26)36-5/h6-14,17,26-29H,15H2,1-5H3/t17-,26?,27+,28-,29+/m0/s1. The van der Waals surface area contributed by atoms with Gasteiger partial charge in [-0.1, -0.05) is 37.3 Å². The molecule has 4 rings (SSSR count). The van der Waals surface area contributed by atoms with E-state index in [1.54, 1.807) is 23.5 Å². The molecule has 1 fully saturated rings. The average Bonchev–Trinajstić information content (AvgIpc) is 3.31. The number of thioether (sulfide) groups is 1. The second-order valence-electron chi connectivity index (χ2n) is 9.30. The lowest BCUT2D eigenvalue weighted by atomic mass is 9.85. The number of aryl methyl sites for hydroxylation is 1. The van der Waals surface area contributed by atoms with Crippen molar-refractivity contribution < 1.29 is 28.2 Å². The van der Waals surface area contributed by atoms with Crippen LogP contribution in [0.25, 0.3) is 10.4 Å². The number of rotatable bonds is 7. The zero-order valence-electron chi connectivity index (χ0n) is 21.5. The summed E-state index contributed by atoms with van der Waals surface area (Å²) in [5, 5.41) is 0. The summed E-state index contributed by atoms with van der Waals surface area (Å²) in [7, 11) is 0. The third-order valence-corrected chi connectivity index (χ3v) is 8.54. The molecule has 1 aliphatic heterocycles. The molecule has 5 nitrogen and oxygen atoms in total. The highest BCUT2D eigenvalue weighted by Crippen LogP contribution is 2.42. The SMILES string of the molecule is CS[C@H]1OC(c2ccc(C)c(Cc3ccc(-c4ccc(F)cc4)s3)c2)[C@H](C)[C@@H](OC(C)=O)[C@@H]1OC(C)=O. The normalized spacial score (nSPS) is 23.5. The van der Waals surface area contributed by atoms with E-state index < -0.39 is 29.6 Å². The van der Waals surface area contributed by atoms with Gasteiger partial charge in [-0.25, -0.2) is 4.39 Å². The molecule has 2 heterocycles. The van der Waals surface area contributed by atoms with E-state index in [2.05, 4.69) is 31.2 Å². The van der Waals surface area contributed by atoms with Gasteiger partial charge in [0.25, 0.3) is 0 Å². The van der Waals surface area contributed by atoms with E-state index in [-0.39, 0.29) is 17.8 Å². The second kappa shape index (κ2) is 11.8. The molecule has 0 N–H and O–H groups in total. The zero-order valence-corrected chi connectivity index (χ0v) is 23.2. The van der Waals surface area contributed by atoms with Crippen molar-refractivity contribution in [3.05, 3.63) is 82.0 Å². The number of ether oxygens (including phenoxy) is 3. The third-order valence-electron chi connectivity index (χ3n) is 6.56. The third kappa shape index (κ3) is 6.43. The first-order valence-corrected chi connectivity index (χ1v) is 14.2. The van der Waals surface area contributed by atoms with Gasteiger partial charge in [0, 0.05) is 35.9 Å².